The molecule has 2 heterocycles. The molecule has 2 aromatic heterocycles. The molecule has 6 heteroatoms. The highest BCUT2D eigenvalue weighted by atomic mass is 15.2. The van der Waals surface area contributed by atoms with Crippen LogP contribution in [0, 0.1) is 5.92 Å². The van der Waals surface area contributed by atoms with Gasteiger partial charge in [0, 0.05) is 31.7 Å². The van der Waals surface area contributed by atoms with Crippen molar-refractivity contribution in [1.82, 2.24) is 25.2 Å². The summed E-state index contributed by atoms with van der Waals surface area (Å²) in [6.45, 7) is 5.99. The number of guanidine groups is 1. The second-order valence-corrected chi connectivity index (χ2v) is 7.21. The highest BCUT2D eigenvalue weighted by Gasteiger charge is 2.21. The smallest absolute Gasteiger partial charge is 0.191 e. The van der Waals surface area contributed by atoms with E-state index < -0.39 is 0 Å². The van der Waals surface area contributed by atoms with E-state index in [2.05, 4.69) is 34.7 Å². The molecule has 2 aromatic rings. The first-order valence-corrected chi connectivity index (χ1v) is 10.1. The van der Waals surface area contributed by atoms with Crippen LogP contribution in [0.5, 0.6) is 0 Å². The number of rotatable bonds is 7. The molecule has 2 N–H and O–H groups in total. The Bertz CT molecular complexity index is 699. The van der Waals surface area contributed by atoms with E-state index >= 15 is 0 Å². The Morgan fingerprint density at radius 3 is 2.81 bits per heavy atom. The second-order valence-electron chi connectivity index (χ2n) is 7.21. The van der Waals surface area contributed by atoms with Crippen LogP contribution in [0.3, 0.4) is 0 Å². The number of hydrogen-bond donors (Lipinski definition) is 2. The topological polar surface area (TPSA) is 66.6 Å². The lowest BCUT2D eigenvalue weighted by molar-refractivity contribution is 0.295. The SMILES string of the molecule is CCCC1CCC(NC(=NCCc2nnc3ccccn23)NCC)CC1. The summed E-state index contributed by atoms with van der Waals surface area (Å²) in [5, 5.41) is 15.5. The second kappa shape index (κ2) is 9.55. The van der Waals surface area contributed by atoms with E-state index in [4.69, 9.17) is 4.99 Å². The Morgan fingerprint density at radius 2 is 2.04 bits per heavy atom. The molecule has 142 valence electrons. The summed E-state index contributed by atoms with van der Waals surface area (Å²) in [5.74, 6) is 2.82. The van der Waals surface area contributed by atoms with Crippen LogP contribution >= 0.6 is 0 Å². The minimum absolute atomic E-state index is 0.551. The van der Waals surface area contributed by atoms with Crippen LogP contribution in [-0.4, -0.2) is 39.7 Å². The zero-order valence-electron chi connectivity index (χ0n) is 16.1. The molecule has 0 amide bonds. The van der Waals surface area contributed by atoms with Gasteiger partial charge in [0.2, 0.25) is 0 Å². The monoisotopic (exact) mass is 356 g/mol. The molecule has 1 fully saturated rings. The van der Waals surface area contributed by atoms with Crippen LogP contribution in [0.4, 0.5) is 0 Å². The largest absolute Gasteiger partial charge is 0.357 e. The molecule has 3 rings (SSSR count). The van der Waals surface area contributed by atoms with Gasteiger partial charge in [0.15, 0.2) is 11.6 Å². The van der Waals surface area contributed by atoms with Crippen molar-refractivity contribution < 1.29 is 0 Å². The molecular weight excluding hydrogens is 324 g/mol. The normalized spacial score (nSPS) is 21.1. The first kappa shape index (κ1) is 18.7. The van der Waals surface area contributed by atoms with Crippen molar-refractivity contribution >= 4 is 11.6 Å². The van der Waals surface area contributed by atoms with Crippen molar-refractivity contribution in [3.63, 3.8) is 0 Å². The maximum atomic E-state index is 4.76. The molecule has 0 unspecified atom stereocenters. The molecule has 26 heavy (non-hydrogen) atoms. The average molecular weight is 357 g/mol. The Hall–Kier alpha value is -2.11. The van der Waals surface area contributed by atoms with Crippen LogP contribution in [-0.2, 0) is 6.42 Å². The van der Waals surface area contributed by atoms with E-state index in [1.807, 2.05) is 28.8 Å². The number of aliphatic imine (C=N–C) groups is 1. The number of nitrogens with zero attached hydrogens (tertiary/aromatic N) is 4. The van der Waals surface area contributed by atoms with Gasteiger partial charge in [0.1, 0.15) is 5.82 Å². The van der Waals surface area contributed by atoms with Gasteiger partial charge in [0.25, 0.3) is 0 Å². The number of fused-ring (bicyclic) bond motifs is 1. The fourth-order valence-electron chi connectivity index (χ4n) is 3.85. The standard InChI is InChI=1S/C20H32N6/c1-3-7-16-9-11-17(12-10-16)23-20(21-4-2)22-14-13-19-25-24-18-8-5-6-15-26(18)19/h5-6,8,15-17H,3-4,7,9-14H2,1-2H3,(H2,21,22,23). The number of pyridine rings is 1. The lowest BCUT2D eigenvalue weighted by Gasteiger charge is -2.30. The summed E-state index contributed by atoms with van der Waals surface area (Å²) < 4.78 is 2.03. The first-order valence-electron chi connectivity index (χ1n) is 10.1. The Morgan fingerprint density at radius 1 is 1.19 bits per heavy atom. The van der Waals surface area contributed by atoms with Gasteiger partial charge in [-0.25, -0.2) is 0 Å². The van der Waals surface area contributed by atoms with E-state index in [-0.39, 0.29) is 0 Å². The van der Waals surface area contributed by atoms with Crippen molar-refractivity contribution in [3.8, 4) is 0 Å². The molecule has 0 aromatic carbocycles. The summed E-state index contributed by atoms with van der Waals surface area (Å²) >= 11 is 0. The predicted octanol–water partition coefficient (Wildman–Crippen LogP) is 3.19. The summed E-state index contributed by atoms with van der Waals surface area (Å²) in [7, 11) is 0. The average Bonchev–Trinajstić information content (AvgIpc) is 3.07. The third-order valence-corrected chi connectivity index (χ3v) is 5.22. The molecule has 0 aliphatic heterocycles. The third kappa shape index (κ3) is 4.96. The predicted molar refractivity (Wildman–Crippen MR) is 106 cm³/mol. The highest BCUT2D eigenvalue weighted by Crippen LogP contribution is 2.27. The molecular formula is C20H32N6. The van der Waals surface area contributed by atoms with Crippen molar-refractivity contribution in [2.75, 3.05) is 13.1 Å². The van der Waals surface area contributed by atoms with Gasteiger partial charge in [-0.05, 0) is 50.7 Å². The zero-order valence-corrected chi connectivity index (χ0v) is 16.1. The number of nitrogens with one attached hydrogen (secondary N) is 2. The molecule has 0 bridgehead atoms. The molecule has 0 radical (unpaired) electrons. The summed E-state index contributed by atoms with van der Waals surface area (Å²) in [6.07, 6.45) is 10.7. The van der Waals surface area contributed by atoms with Gasteiger partial charge < -0.3 is 10.6 Å². The maximum absolute atomic E-state index is 4.76. The van der Waals surface area contributed by atoms with Crippen LogP contribution in [0.15, 0.2) is 29.4 Å². The molecule has 0 spiro atoms. The lowest BCUT2D eigenvalue weighted by Crippen LogP contribution is -2.45. The fourth-order valence-corrected chi connectivity index (χ4v) is 3.85. The Labute approximate surface area is 156 Å². The van der Waals surface area contributed by atoms with Crippen molar-refractivity contribution in [3.05, 3.63) is 30.2 Å². The summed E-state index contributed by atoms with van der Waals surface area (Å²) in [4.78, 5) is 4.76. The van der Waals surface area contributed by atoms with Crippen molar-refractivity contribution in [2.24, 2.45) is 10.9 Å². The van der Waals surface area contributed by atoms with E-state index in [1.54, 1.807) is 0 Å². The quantitative estimate of drug-likeness (QED) is 0.591. The third-order valence-electron chi connectivity index (χ3n) is 5.22. The number of aromatic nitrogens is 3. The van der Waals surface area contributed by atoms with Gasteiger partial charge in [0.05, 0.1) is 0 Å². The van der Waals surface area contributed by atoms with Crippen LogP contribution in [0.25, 0.3) is 5.65 Å². The van der Waals surface area contributed by atoms with Gasteiger partial charge in [-0.15, -0.1) is 10.2 Å². The van der Waals surface area contributed by atoms with E-state index in [9.17, 15) is 0 Å². The van der Waals surface area contributed by atoms with Crippen molar-refractivity contribution in [2.45, 2.75) is 64.8 Å². The molecule has 6 nitrogen and oxygen atoms in total. The van der Waals surface area contributed by atoms with Crippen molar-refractivity contribution in [1.29, 1.82) is 0 Å². The van der Waals surface area contributed by atoms with E-state index in [0.717, 1.165) is 36.3 Å². The molecule has 0 saturated heterocycles. The molecule has 1 saturated carbocycles. The first-order chi connectivity index (χ1) is 12.8. The van der Waals surface area contributed by atoms with Gasteiger partial charge in [-0.3, -0.25) is 9.39 Å². The fraction of sp³-hybridized carbons (Fsp3) is 0.650. The molecule has 1 aliphatic carbocycles. The highest BCUT2D eigenvalue weighted by molar-refractivity contribution is 5.80. The number of hydrogen-bond acceptors (Lipinski definition) is 3. The van der Waals surface area contributed by atoms with Crippen LogP contribution in [0.1, 0.15) is 58.2 Å². The zero-order chi connectivity index (χ0) is 18.2. The van der Waals surface area contributed by atoms with Gasteiger partial charge >= 0.3 is 0 Å². The molecule has 0 atom stereocenters. The Balaban J connectivity index is 1.52. The minimum Gasteiger partial charge on any atom is -0.357 e. The summed E-state index contributed by atoms with van der Waals surface area (Å²) in [5.41, 5.74) is 0.889. The maximum Gasteiger partial charge on any atom is 0.191 e. The molecule has 1 aliphatic rings. The van der Waals surface area contributed by atoms with Gasteiger partial charge in [-0.2, -0.15) is 0 Å². The minimum atomic E-state index is 0.551. The lowest BCUT2D eigenvalue weighted by atomic mass is 9.83. The van der Waals surface area contributed by atoms with E-state index in [1.165, 1.54) is 38.5 Å². The Kier molecular flexibility index (Phi) is 6.86. The van der Waals surface area contributed by atoms with Gasteiger partial charge in [-0.1, -0.05) is 25.8 Å². The van der Waals surface area contributed by atoms with Crippen LogP contribution in [0.2, 0.25) is 0 Å². The van der Waals surface area contributed by atoms with Crippen LogP contribution < -0.4 is 10.6 Å². The van der Waals surface area contributed by atoms with E-state index in [0.29, 0.717) is 12.6 Å². The summed E-state index contributed by atoms with van der Waals surface area (Å²) in [6, 6.07) is 6.51.